The fourth-order valence-corrected chi connectivity index (χ4v) is 4.23. The number of carbonyl (C=O) groups is 1. The van der Waals surface area contributed by atoms with Crippen molar-refractivity contribution in [3.05, 3.63) is 82.2 Å². The van der Waals surface area contributed by atoms with Crippen LogP contribution in [0.15, 0.2) is 65.8 Å². The molecule has 7 nitrogen and oxygen atoms in total. The molecule has 36 heavy (non-hydrogen) atoms. The van der Waals surface area contributed by atoms with Crippen molar-refractivity contribution in [2.45, 2.75) is 6.18 Å². The van der Waals surface area contributed by atoms with Crippen molar-refractivity contribution >= 4 is 17.3 Å². The van der Waals surface area contributed by atoms with Gasteiger partial charge in [-0.2, -0.15) is 13.2 Å². The molecule has 1 fully saturated rings. The molecule has 0 spiro atoms. The van der Waals surface area contributed by atoms with Gasteiger partial charge in [0.05, 0.1) is 23.9 Å². The van der Waals surface area contributed by atoms with Crippen LogP contribution in [0.5, 0.6) is 0 Å². The highest BCUT2D eigenvalue weighted by Gasteiger charge is 2.30. The summed E-state index contributed by atoms with van der Waals surface area (Å²) in [7, 11) is 3.26. The quantitative estimate of drug-likeness (QED) is 0.175. The van der Waals surface area contributed by atoms with Crippen LogP contribution in [-0.2, 0) is 10.9 Å². The van der Waals surface area contributed by atoms with E-state index in [1.54, 1.807) is 6.07 Å². The van der Waals surface area contributed by atoms with E-state index in [1.165, 1.54) is 25.3 Å². The number of hydrogen-bond acceptors (Lipinski definition) is 5. The van der Waals surface area contributed by atoms with E-state index in [-0.39, 0.29) is 16.8 Å². The van der Waals surface area contributed by atoms with Gasteiger partial charge in [-0.05, 0) is 71.2 Å². The Morgan fingerprint density at radius 1 is 0.972 bits per heavy atom. The maximum absolute atomic E-state index is 13.3. The first-order valence-electron chi connectivity index (χ1n) is 11.2. The monoisotopic (exact) mass is 495 g/mol. The van der Waals surface area contributed by atoms with Crippen LogP contribution in [0, 0.1) is 0 Å². The van der Waals surface area contributed by atoms with Gasteiger partial charge in [-0.15, -0.1) is 0 Å². The molecule has 0 N–H and O–H groups in total. The average molecular weight is 496 g/mol. The van der Waals surface area contributed by atoms with Crippen LogP contribution >= 0.6 is 0 Å². The third-order valence-electron chi connectivity index (χ3n) is 6.23. The fraction of sp³-hybridized carbons (Fsp3) is 0.269. The van der Waals surface area contributed by atoms with Crippen LogP contribution < -0.4 is 4.90 Å². The Morgan fingerprint density at radius 3 is 2.28 bits per heavy atom. The molecule has 0 bridgehead atoms. The number of azide groups is 1. The number of rotatable bonds is 5. The van der Waals surface area contributed by atoms with E-state index in [0.717, 1.165) is 44.0 Å². The van der Waals surface area contributed by atoms with Crippen molar-refractivity contribution in [2.75, 3.05) is 45.2 Å². The maximum Gasteiger partial charge on any atom is 0.416 e. The number of esters is 1. The lowest BCUT2D eigenvalue weighted by Gasteiger charge is -2.34. The van der Waals surface area contributed by atoms with Crippen LogP contribution in [0.25, 0.3) is 32.7 Å². The maximum atomic E-state index is 13.3. The summed E-state index contributed by atoms with van der Waals surface area (Å²) in [6, 6.07) is 15.4. The third kappa shape index (κ3) is 5.30. The zero-order valence-electron chi connectivity index (χ0n) is 19.8. The molecule has 0 aromatic heterocycles. The zero-order valence-corrected chi connectivity index (χ0v) is 19.8. The van der Waals surface area contributed by atoms with Crippen molar-refractivity contribution in [3.8, 4) is 22.3 Å². The van der Waals surface area contributed by atoms with Gasteiger partial charge >= 0.3 is 12.1 Å². The highest BCUT2D eigenvalue weighted by Crippen LogP contribution is 2.40. The molecular formula is C26H24F3N5O2. The van der Waals surface area contributed by atoms with E-state index in [2.05, 4.69) is 26.9 Å². The molecule has 3 aromatic carbocycles. The summed E-state index contributed by atoms with van der Waals surface area (Å²) in [5, 5.41) is 3.75. The molecule has 0 radical (unpaired) electrons. The smallest absolute Gasteiger partial charge is 0.416 e. The molecule has 1 saturated heterocycles. The molecule has 1 aliphatic rings. The Labute approximate surface area is 206 Å². The first kappa shape index (κ1) is 25.1. The van der Waals surface area contributed by atoms with Crippen LogP contribution in [-0.4, -0.2) is 51.2 Å². The first-order valence-corrected chi connectivity index (χ1v) is 11.2. The van der Waals surface area contributed by atoms with Crippen LogP contribution in [0.2, 0.25) is 0 Å². The number of likely N-dealkylation sites (N-methyl/N-ethyl adjacent to an activating group) is 1. The number of nitrogens with zero attached hydrogens (tertiary/aromatic N) is 5. The number of anilines is 1. The second-order valence-corrected chi connectivity index (χ2v) is 8.52. The number of hydrogen-bond donors (Lipinski definition) is 0. The van der Waals surface area contributed by atoms with Crippen molar-refractivity contribution in [1.82, 2.24) is 4.90 Å². The summed E-state index contributed by atoms with van der Waals surface area (Å²) >= 11 is 0. The minimum Gasteiger partial charge on any atom is -0.465 e. The lowest BCUT2D eigenvalue weighted by Crippen LogP contribution is -2.44. The van der Waals surface area contributed by atoms with E-state index in [9.17, 15) is 23.5 Å². The SMILES string of the molecule is COC(=O)c1cc(-c2cccc(C(F)(F)F)c2)cc(-c2ccc(N3CCN(C)CC3)cc2)c1N=[N+]=[N-]. The highest BCUT2D eigenvalue weighted by atomic mass is 19.4. The van der Waals surface area contributed by atoms with E-state index in [0.29, 0.717) is 16.7 Å². The van der Waals surface area contributed by atoms with Gasteiger partial charge in [0, 0.05) is 36.8 Å². The predicted molar refractivity (Wildman–Crippen MR) is 132 cm³/mol. The Bertz CT molecular complexity index is 1310. The van der Waals surface area contributed by atoms with E-state index in [4.69, 9.17) is 4.74 Å². The number of piperazine rings is 1. The summed E-state index contributed by atoms with van der Waals surface area (Å²) in [4.78, 5) is 20.0. The van der Waals surface area contributed by atoms with Gasteiger partial charge < -0.3 is 14.5 Å². The molecule has 10 heteroatoms. The van der Waals surface area contributed by atoms with Gasteiger partial charge in [0.2, 0.25) is 0 Å². The predicted octanol–water partition coefficient (Wildman–Crippen LogP) is 6.52. The highest BCUT2D eigenvalue weighted by molar-refractivity contribution is 6.01. The molecule has 0 unspecified atom stereocenters. The normalized spacial score (nSPS) is 14.3. The average Bonchev–Trinajstić information content (AvgIpc) is 2.88. The lowest BCUT2D eigenvalue weighted by molar-refractivity contribution is -0.137. The molecule has 1 aliphatic heterocycles. The number of methoxy groups -OCH3 is 1. The van der Waals surface area contributed by atoms with E-state index >= 15 is 0 Å². The fourth-order valence-electron chi connectivity index (χ4n) is 4.23. The molecule has 0 saturated carbocycles. The molecular weight excluding hydrogens is 471 g/mol. The number of ether oxygens (including phenoxy) is 1. The molecule has 0 atom stereocenters. The minimum atomic E-state index is -4.52. The summed E-state index contributed by atoms with van der Waals surface area (Å²) in [6.07, 6.45) is -4.52. The number of halogens is 3. The number of benzene rings is 3. The lowest BCUT2D eigenvalue weighted by atomic mass is 9.93. The summed E-state index contributed by atoms with van der Waals surface area (Å²) in [5.41, 5.74) is 11.1. The van der Waals surface area contributed by atoms with Crippen molar-refractivity contribution in [2.24, 2.45) is 5.11 Å². The molecule has 0 aliphatic carbocycles. The number of carbonyl (C=O) groups excluding carboxylic acids is 1. The Hall–Kier alpha value is -4.01. The molecule has 1 heterocycles. The summed E-state index contributed by atoms with van der Waals surface area (Å²) < 4.78 is 44.9. The third-order valence-corrected chi connectivity index (χ3v) is 6.23. The van der Waals surface area contributed by atoms with Gasteiger partial charge in [-0.25, -0.2) is 4.79 Å². The number of alkyl halides is 3. The van der Waals surface area contributed by atoms with Crippen molar-refractivity contribution < 1.29 is 22.7 Å². The minimum absolute atomic E-state index is 0.0386. The second kappa shape index (κ2) is 10.3. The first-order chi connectivity index (χ1) is 17.2. The molecule has 0 amide bonds. The second-order valence-electron chi connectivity index (χ2n) is 8.52. The van der Waals surface area contributed by atoms with Crippen molar-refractivity contribution in [1.29, 1.82) is 0 Å². The largest absolute Gasteiger partial charge is 0.465 e. The molecule has 4 rings (SSSR count). The topological polar surface area (TPSA) is 81.5 Å². The van der Waals surface area contributed by atoms with Gasteiger partial charge in [0.1, 0.15) is 0 Å². The molecule has 3 aromatic rings. The van der Waals surface area contributed by atoms with Crippen LogP contribution in [0.3, 0.4) is 0 Å². The Kier molecular flexibility index (Phi) is 7.19. The van der Waals surface area contributed by atoms with Crippen LogP contribution in [0.4, 0.5) is 24.5 Å². The summed E-state index contributed by atoms with van der Waals surface area (Å²) in [6.45, 7) is 3.67. The van der Waals surface area contributed by atoms with Gasteiger partial charge in [-0.3, -0.25) is 0 Å². The Morgan fingerprint density at radius 2 is 1.67 bits per heavy atom. The standard InChI is InChI=1S/C26H24F3N5O2/c1-33-10-12-34(13-11-33)21-8-6-17(7-9-21)22-15-19(16-23(25(35)36-2)24(22)31-32-30)18-4-3-5-20(14-18)26(27,28)29/h3-9,14-16H,10-13H2,1-2H3. The Balaban J connectivity index is 1.84. The molecule has 186 valence electrons. The van der Waals surface area contributed by atoms with Crippen molar-refractivity contribution in [3.63, 3.8) is 0 Å². The van der Waals surface area contributed by atoms with Gasteiger partial charge in [0.15, 0.2) is 0 Å². The van der Waals surface area contributed by atoms with Gasteiger partial charge in [-0.1, -0.05) is 29.4 Å². The summed E-state index contributed by atoms with van der Waals surface area (Å²) in [5.74, 6) is -0.762. The van der Waals surface area contributed by atoms with E-state index < -0.39 is 17.7 Å². The van der Waals surface area contributed by atoms with Crippen LogP contribution in [0.1, 0.15) is 15.9 Å². The zero-order chi connectivity index (χ0) is 25.9. The van der Waals surface area contributed by atoms with E-state index in [1.807, 2.05) is 24.3 Å². The van der Waals surface area contributed by atoms with Gasteiger partial charge in [0.25, 0.3) is 0 Å².